The van der Waals surface area contributed by atoms with Crippen molar-refractivity contribution in [2.75, 3.05) is 46.2 Å². The molecule has 8 saturated heterocycles. The zero-order valence-electron chi connectivity index (χ0n) is 54.2. The summed E-state index contributed by atoms with van der Waals surface area (Å²) in [6.07, 6.45) is -72.5. The van der Waals surface area contributed by atoms with E-state index in [9.17, 15) is 126 Å². The minimum atomic E-state index is -2.54. The molecule has 44 nitrogen and oxygen atoms in total. The van der Waals surface area contributed by atoms with Crippen molar-refractivity contribution in [3.63, 3.8) is 0 Å². The summed E-state index contributed by atoms with van der Waals surface area (Å²) >= 11 is 0. The van der Waals surface area contributed by atoms with Crippen LogP contribution in [-0.4, -0.2) is 423 Å². The molecule has 0 spiro atoms. The second-order valence-electron chi connectivity index (χ2n) is 25.4. The van der Waals surface area contributed by atoms with Crippen LogP contribution in [0.2, 0.25) is 0 Å². The first-order valence-corrected chi connectivity index (χ1v) is 32.0. The van der Waals surface area contributed by atoms with Gasteiger partial charge in [0.2, 0.25) is 23.6 Å². The molecule has 40 atom stereocenters. The molecule has 4 amide bonds. The summed E-state index contributed by atoms with van der Waals surface area (Å²) in [5.74, 6) is -3.51. The van der Waals surface area contributed by atoms with Gasteiger partial charge in [-0.1, -0.05) is 0 Å². The van der Waals surface area contributed by atoms with E-state index in [1.165, 1.54) is 6.92 Å². The first-order chi connectivity index (χ1) is 47.2. The van der Waals surface area contributed by atoms with Gasteiger partial charge in [0.05, 0.1) is 52.4 Å². The summed E-state index contributed by atoms with van der Waals surface area (Å²) in [5.41, 5.74) is 0. The van der Waals surface area contributed by atoms with Crippen LogP contribution in [0.4, 0.5) is 0 Å². The summed E-state index contributed by atoms with van der Waals surface area (Å²) < 4.78 is 90.0. The van der Waals surface area contributed by atoms with Gasteiger partial charge >= 0.3 is 0 Å². The van der Waals surface area contributed by atoms with E-state index in [4.69, 9.17) is 71.1 Å². The monoisotopic (exact) mass is 1460 g/mol. The number of hydrogen-bond acceptors (Lipinski definition) is 40. The first-order valence-electron chi connectivity index (χ1n) is 32.0. The van der Waals surface area contributed by atoms with Gasteiger partial charge < -0.3 is 200 Å². The number of ether oxygens (including phenoxy) is 15. The van der Waals surface area contributed by atoms with Crippen LogP contribution in [0.3, 0.4) is 0 Å². The van der Waals surface area contributed by atoms with E-state index in [-0.39, 0.29) is 0 Å². The molecule has 0 unspecified atom stereocenters. The van der Waals surface area contributed by atoms with Crippen LogP contribution >= 0.6 is 0 Å². The molecule has 8 aliphatic heterocycles. The van der Waals surface area contributed by atoms with Crippen molar-refractivity contribution < 1.29 is 197 Å². The smallest absolute Gasteiger partial charge is 0.217 e. The van der Waals surface area contributed by atoms with Crippen molar-refractivity contribution in [3.8, 4) is 0 Å². The third-order valence-corrected chi connectivity index (χ3v) is 18.2. The van der Waals surface area contributed by atoms with Crippen molar-refractivity contribution in [2.45, 2.75) is 280 Å². The van der Waals surface area contributed by atoms with E-state index >= 15 is 0 Å². The molecule has 578 valence electrons. The number of rotatable bonds is 25. The Morgan fingerprint density at radius 3 is 1.09 bits per heavy atom. The Bertz CT molecular complexity index is 2620. The summed E-state index contributed by atoms with van der Waals surface area (Å²) in [5, 5.41) is 242. The molecule has 0 radical (unpaired) electrons. The summed E-state index contributed by atoms with van der Waals surface area (Å²) in [6, 6.07) is -7.28. The fourth-order valence-corrected chi connectivity index (χ4v) is 12.8. The fraction of sp³-hybridized carbons (Fsp3) is 0.929. The molecule has 0 bridgehead atoms. The third kappa shape index (κ3) is 18.3. The molecule has 8 heterocycles. The van der Waals surface area contributed by atoms with Gasteiger partial charge in [0.15, 0.2) is 50.3 Å². The van der Waals surface area contributed by atoms with E-state index in [0.717, 1.165) is 27.7 Å². The van der Waals surface area contributed by atoms with Crippen LogP contribution in [0, 0.1) is 0 Å². The minimum Gasteiger partial charge on any atom is -0.394 e. The predicted octanol–water partition coefficient (Wildman–Crippen LogP) is -16.8. The Morgan fingerprint density at radius 1 is 0.280 bits per heavy atom. The van der Waals surface area contributed by atoms with Crippen LogP contribution in [0.25, 0.3) is 0 Å². The van der Waals surface area contributed by atoms with Gasteiger partial charge in [-0.15, -0.1) is 0 Å². The number of carbonyl (C=O) groups is 4. The van der Waals surface area contributed by atoms with Gasteiger partial charge in [0, 0.05) is 27.7 Å². The second kappa shape index (κ2) is 35.7. The number of aliphatic hydroxyl groups excluding tert-OH is 21. The average molecular weight is 1460 g/mol. The van der Waals surface area contributed by atoms with Gasteiger partial charge in [-0.05, 0) is 6.92 Å². The summed E-state index contributed by atoms with van der Waals surface area (Å²) in [6.45, 7) is -2.14. The SMILES string of the molecule is CC(=O)N[C@@H]1[C@@H](O)[C@H](O[C@@H]2O[C@H](CO)[C@@H](O[C@@H]3O[C@H](CO[C@H]4O[C@H](CO)[C@@H](O)[C@H](O)[C@@H]4O[C@@H]4O[C@H](CO)[C@@H](O)[C@H](O)[C@H]4NC(C)=O)[C@@H](O[C@@H]4O[C@H](CO)[C@@H](O)[C@H](O)[C@H]4NC(C)=O)[C@H](O[C@H]4O[C@H](CO)[C@@H](O)[C@H](O)[C@@H]4O)[C@@H]3O)[C@H](O)[C@H]2NC(C)=O)[C@@H](CO[C@@H]2O[C@@H](C)[C@@H](O)[C@@H](O)[C@H]2O)O[C@H]1O. The highest BCUT2D eigenvalue weighted by molar-refractivity contribution is 5.74. The van der Waals surface area contributed by atoms with E-state index in [1.807, 2.05) is 0 Å². The highest BCUT2D eigenvalue weighted by Crippen LogP contribution is 2.39. The molecule has 8 aliphatic rings. The lowest BCUT2D eigenvalue weighted by atomic mass is 9.93. The predicted molar refractivity (Wildman–Crippen MR) is 309 cm³/mol. The molecule has 0 aliphatic carbocycles. The van der Waals surface area contributed by atoms with Crippen molar-refractivity contribution >= 4 is 23.6 Å². The third-order valence-electron chi connectivity index (χ3n) is 18.2. The average Bonchev–Trinajstić information content (AvgIpc) is 0.762. The highest BCUT2D eigenvalue weighted by Gasteiger charge is 2.60. The lowest BCUT2D eigenvalue weighted by Crippen LogP contribution is -2.71. The molecule has 8 rings (SSSR count). The van der Waals surface area contributed by atoms with Crippen LogP contribution in [0.1, 0.15) is 34.6 Å². The maximum atomic E-state index is 13.1. The molecule has 44 heteroatoms. The maximum absolute atomic E-state index is 13.1. The molecular weight excluding hydrogens is 1370 g/mol. The summed E-state index contributed by atoms with van der Waals surface area (Å²) in [4.78, 5) is 50.7. The van der Waals surface area contributed by atoms with Crippen molar-refractivity contribution in [1.82, 2.24) is 21.3 Å². The van der Waals surface area contributed by atoms with E-state index in [0.29, 0.717) is 0 Å². The number of nitrogens with one attached hydrogen (secondary N) is 4. The van der Waals surface area contributed by atoms with Gasteiger partial charge in [0.25, 0.3) is 0 Å². The number of aliphatic hydroxyl groups is 21. The Hall–Kier alpha value is -3.56. The molecule has 8 fully saturated rings. The van der Waals surface area contributed by atoms with Gasteiger partial charge in [-0.2, -0.15) is 0 Å². The Balaban J connectivity index is 1.19. The molecule has 100 heavy (non-hydrogen) atoms. The zero-order chi connectivity index (χ0) is 73.8. The van der Waals surface area contributed by atoms with Gasteiger partial charge in [-0.25, -0.2) is 0 Å². The highest BCUT2D eigenvalue weighted by atomic mass is 16.8. The largest absolute Gasteiger partial charge is 0.394 e. The minimum absolute atomic E-state index is 0.815. The van der Waals surface area contributed by atoms with Crippen molar-refractivity contribution in [2.24, 2.45) is 0 Å². The number of amides is 4. The number of hydrogen-bond donors (Lipinski definition) is 25. The topological polar surface area (TPSA) is 680 Å². The second-order valence-corrected chi connectivity index (χ2v) is 25.4. The van der Waals surface area contributed by atoms with E-state index in [2.05, 4.69) is 21.3 Å². The molecular formula is C56H94N4O40. The van der Waals surface area contributed by atoms with Crippen molar-refractivity contribution in [1.29, 1.82) is 0 Å². The molecule has 0 aromatic heterocycles. The first kappa shape index (κ1) is 82.1. The van der Waals surface area contributed by atoms with Crippen LogP contribution in [-0.2, 0) is 90.2 Å². The molecule has 0 aromatic rings. The Kier molecular flexibility index (Phi) is 29.3. The maximum Gasteiger partial charge on any atom is 0.217 e. The quantitative estimate of drug-likeness (QED) is 0.0404. The fourth-order valence-electron chi connectivity index (χ4n) is 12.8. The molecule has 25 N–H and O–H groups in total. The summed E-state index contributed by atoms with van der Waals surface area (Å²) in [7, 11) is 0. The lowest BCUT2D eigenvalue weighted by Gasteiger charge is -2.52. The number of carbonyl (C=O) groups excluding carboxylic acids is 4. The van der Waals surface area contributed by atoms with Crippen LogP contribution < -0.4 is 21.3 Å². The van der Waals surface area contributed by atoms with Crippen LogP contribution in [0.5, 0.6) is 0 Å². The van der Waals surface area contributed by atoms with Gasteiger partial charge in [-0.3, -0.25) is 19.2 Å². The molecule has 0 aromatic carbocycles. The van der Waals surface area contributed by atoms with E-state index in [1.54, 1.807) is 0 Å². The standard InChI is InChI=1S/C56H94N4O40/c1-13-29(70)38(79)41(82)53(88-13)86-11-23-45(36(77)25(49(85)89-23)57-14(2)66)96-52-28(60-17(5)69)37(78)44(22(10-65)94-52)97-55-43(84)47(99-54-42(83)39(80)32(73)20(8-63)92-54)46(98-50-26(58-15(3)67)34(75)30(71)18(6-61)90-50)24(95-55)12-87-56-48(40(81)33(74)21(9-64)93-56)100-51-27(59-16(4)68)35(76)31(72)19(7-62)91-51/h13,18-56,61-65,70-85H,6-12H2,1-5H3,(H,57,66)(H,58,67)(H,59,68)(H,60,69)/t13-,18+,19+,20+,21+,22+,23+,24+,25+,26+,27+,28+,29+,30+,31+,32+,33+,34+,35+,36+,37+,38+,39-,40-,41+,42-,43-,44+,45+,46+,47+,48-,49+,50-,51-,52-,53+,54+,55-,56-/m0/s1. The van der Waals surface area contributed by atoms with Crippen molar-refractivity contribution in [3.05, 3.63) is 0 Å². The Morgan fingerprint density at radius 2 is 0.600 bits per heavy atom. The molecule has 0 saturated carbocycles. The van der Waals surface area contributed by atoms with Gasteiger partial charge in [0.1, 0.15) is 189 Å². The Labute approximate surface area is 567 Å². The lowest BCUT2D eigenvalue weighted by molar-refractivity contribution is -0.400. The van der Waals surface area contributed by atoms with E-state index < -0.39 is 315 Å². The van der Waals surface area contributed by atoms with Crippen LogP contribution in [0.15, 0.2) is 0 Å². The normalized spacial score (nSPS) is 48.7. The zero-order valence-corrected chi connectivity index (χ0v) is 54.2.